The highest BCUT2D eigenvalue weighted by molar-refractivity contribution is 7.87. The third-order valence-electron chi connectivity index (χ3n) is 4.00. The summed E-state index contributed by atoms with van der Waals surface area (Å²) in [6.45, 7) is 1.45. The zero-order valence-electron chi connectivity index (χ0n) is 14.7. The van der Waals surface area contributed by atoms with Crippen LogP contribution in [0.25, 0.3) is 0 Å². The molecule has 7 nitrogen and oxygen atoms in total. The molecule has 0 saturated heterocycles. The van der Waals surface area contributed by atoms with Gasteiger partial charge in [-0.3, -0.25) is 14.9 Å². The molecule has 0 unspecified atom stereocenters. The second kappa shape index (κ2) is 7.61. The topological polar surface area (TPSA) is 104 Å². The Labute approximate surface area is 161 Å². The van der Waals surface area contributed by atoms with Crippen molar-refractivity contribution in [3.8, 4) is 5.75 Å². The molecule has 3 aromatic rings. The summed E-state index contributed by atoms with van der Waals surface area (Å²) in [6, 6.07) is 18.1. The van der Waals surface area contributed by atoms with Gasteiger partial charge in [0.25, 0.3) is 5.69 Å². The van der Waals surface area contributed by atoms with Crippen molar-refractivity contribution in [1.29, 1.82) is 0 Å². The monoisotopic (exact) mass is 397 g/mol. The average molecular weight is 397 g/mol. The maximum absolute atomic E-state index is 12.6. The summed E-state index contributed by atoms with van der Waals surface area (Å²) in [7, 11) is -4.43. The first-order valence-electron chi connectivity index (χ1n) is 8.18. The van der Waals surface area contributed by atoms with Crippen molar-refractivity contribution in [2.45, 2.75) is 11.8 Å². The highest BCUT2D eigenvalue weighted by Gasteiger charge is 2.29. The number of nitrogens with zero attached hydrogens (tertiary/aromatic N) is 1. The summed E-state index contributed by atoms with van der Waals surface area (Å²) >= 11 is 0. The second-order valence-electron chi connectivity index (χ2n) is 5.94. The summed E-state index contributed by atoms with van der Waals surface area (Å²) in [5.41, 5.74) is 0.498. The van der Waals surface area contributed by atoms with Gasteiger partial charge in [0, 0.05) is 17.2 Å². The minimum Gasteiger partial charge on any atom is -0.379 e. The lowest BCUT2D eigenvalue weighted by atomic mass is 10.0. The minimum atomic E-state index is -4.43. The molecule has 0 aliphatic heterocycles. The number of hydrogen-bond donors (Lipinski definition) is 0. The molecule has 0 fully saturated rings. The van der Waals surface area contributed by atoms with Gasteiger partial charge >= 0.3 is 10.1 Å². The molecule has 0 aliphatic carbocycles. The van der Waals surface area contributed by atoms with Crippen LogP contribution in [0, 0.1) is 17.0 Å². The van der Waals surface area contributed by atoms with E-state index in [1.807, 2.05) is 0 Å². The molecular weight excluding hydrogens is 382 g/mol. The SMILES string of the molecule is Cc1cccc([N+](=O)[O-])c1S(=O)(=O)Oc1ccc(C(=O)c2ccccc2)cc1. The number of benzene rings is 3. The first-order valence-corrected chi connectivity index (χ1v) is 9.59. The van der Waals surface area contributed by atoms with Crippen LogP contribution in [0.1, 0.15) is 21.5 Å². The van der Waals surface area contributed by atoms with E-state index in [9.17, 15) is 23.3 Å². The van der Waals surface area contributed by atoms with Crippen molar-refractivity contribution in [3.05, 3.63) is 99.6 Å². The molecule has 28 heavy (non-hydrogen) atoms. The first kappa shape index (κ1) is 19.2. The van der Waals surface area contributed by atoms with Gasteiger partial charge in [0.1, 0.15) is 5.75 Å². The summed E-state index contributed by atoms with van der Waals surface area (Å²) in [6.07, 6.45) is 0. The Kier molecular flexibility index (Phi) is 5.23. The summed E-state index contributed by atoms with van der Waals surface area (Å²) in [5.74, 6) is -0.272. The van der Waals surface area contributed by atoms with Gasteiger partial charge in [-0.2, -0.15) is 8.42 Å². The predicted octanol–water partition coefficient (Wildman–Crippen LogP) is 3.90. The van der Waals surface area contributed by atoms with E-state index in [1.54, 1.807) is 30.3 Å². The molecule has 0 aromatic heterocycles. The van der Waals surface area contributed by atoms with E-state index in [4.69, 9.17) is 4.18 Å². The molecule has 0 N–H and O–H groups in total. The number of carbonyl (C=O) groups excluding carboxylic acids is 1. The summed E-state index contributed by atoms with van der Waals surface area (Å²) in [4.78, 5) is 22.3. The smallest absolute Gasteiger partial charge is 0.346 e. The summed E-state index contributed by atoms with van der Waals surface area (Å²) < 4.78 is 30.2. The van der Waals surface area contributed by atoms with Gasteiger partial charge in [0.2, 0.25) is 0 Å². The third kappa shape index (κ3) is 3.91. The van der Waals surface area contributed by atoms with E-state index in [1.165, 1.54) is 43.3 Å². The Bertz CT molecular complexity index is 1140. The lowest BCUT2D eigenvalue weighted by Crippen LogP contribution is -2.13. The molecule has 0 aliphatic rings. The third-order valence-corrected chi connectivity index (χ3v) is 5.44. The maximum Gasteiger partial charge on any atom is 0.346 e. The molecule has 0 spiro atoms. The van der Waals surface area contributed by atoms with Crippen LogP contribution < -0.4 is 4.18 Å². The standard InChI is InChI=1S/C20H15NO6S/c1-14-6-5-9-18(21(23)24)20(14)28(25,26)27-17-12-10-16(11-13-17)19(22)15-7-3-2-4-8-15/h2-13H,1H3. The second-order valence-corrected chi connectivity index (χ2v) is 7.42. The molecule has 0 bridgehead atoms. The molecule has 0 amide bonds. The van der Waals surface area contributed by atoms with Crippen LogP contribution in [0.5, 0.6) is 5.75 Å². The number of nitro benzene ring substituents is 1. The first-order chi connectivity index (χ1) is 13.3. The number of nitro groups is 1. The van der Waals surface area contributed by atoms with Gasteiger partial charge in [-0.05, 0) is 36.8 Å². The molecule has 3 rings (SSSR count). The molecule has 8 heteroatoms. The fourth-order valence-electron chi connectivity index (χ4n) is 2.69. The Balaban J connectivity index is 1.89. The zero-order chi connectivity index (χ0) is 20.3. The Morgan fingerprint density at radius 1 is 0.893 bits per heavy atom. The fraction of sp³-hybridized carbons (Fsp3) is 0.0500. The van der Waals surface area contributed by atoms with Crippen LogP contribution in [0.15, 0.2) is 77.7 Å². The normalized spacial score (nSPS) is 11.0. The Morgan fingerprint density at radius 3 is 2.11 bits per heavy atom. The molecule has 0 saturated carbocycles. The Morgan fingerprint density at radius 2 is 1.50 bits per heavy atom. The number of carbonyl (C=O) groups is 1. The van der Waals surface area contributed by atoms with Crippen LogP contribution in [-0.2, 0) is 10.1 Å². The molecule has 142 valence electrons. The van der Waals surface area contributed by atoms with E-state index in [-0.39, 0.29) is 17.1 Å². The zero-order valence-corrected chi connectivity index (χ0v) is 15.5. The van der Waals surface area contributed by atoms with E-state index in [2.05, 4.69) is 0 Å². The average Bonchev–Trinajstić information content (AvgIpc) is 2.68. The molecular formula is C20H15NO6S. The van der Waals surface area contributed by atoms with E-state index < -0.39 is 25.6 Å². The quantitative estimate of drug-likeness (QED) is 0.270. The van der Waals surface area contributed by atoms with Gasteiger partial charge in [-0.25, -0.2) is 0 Å². The highest BCUT2D eigenvalue weighted by atomic mass is 32.2. The fourth-order valence-corrected chi connectivity index (χ4v) is 4.00. The molecule has 0 heterocycles. The van der Waals surface area contributed by atoms with E-state index in [0.717, 1.165) is 6.07 Å². The summed E-state index contributed by atoms with van der Waals surface area (Å²) in [5, 5.41) is 11.2. The van der Waals surface area contributed by atoms with Gasteiger partial charge in [0.05, 0.1) is 4.92 Å². The lowest BCUT2D eigenvalue weighted by molar-refractivity contribution is -0.388. The number of ketones is 1. The van der Waals surface area contributed by atoms with Crippen molar-refractivity contribution in [1.82, 2.24) is 0 Å². The number of aryl methyl sites for hydroxylation is 1. The van der Waals surface area contributed by atoms with Crippen molar-refractivity contribution in [2.75, 3.05) is 0 Å². The van der Waals surface area contributed by atoms with Gasteiger partial charge in [-0.1, -0.05) is 42.5 Å². The maximum atomic E-state index is 12.6. The van der Waals surface area contributed by atoms with Crippen molar-refractivity contribution < 1.29 is 22.3 Å². The van der Waals surface area contributed by atoms with E-state index in [0.29, 0.717) is 11.1 Å². The van der Waals surface area contributed by atoms with Gasteiger partial charge in [0.15, 0.2) is 10.7 Å². The largest absolute Gasteiger partial charge is 0.379 e. The van der Waals surface area contributed by atoms with Crippen LogP contribution in [0.4, 0.5) is 5.69 Å². The van der Waals surface area contributed by atoms with Crippen LogP contribution in [0.3, 0.4) is 0 Å². The van der Waals surface area contributed by atoms with Crippen molar-refractivity contribution >= 4 is 21.6 Å². The predicted molar refractivity (Wildman–Crippen MR) is 102 cm³/mol. The lowest BCUT2D eigenvalue weighted by Gasteiger charge is -2.10. The van der Waals surface area contributed by atoms with Crippen LogP contribution in [-0.4, -0.2) is 19.1 Å². The van der Waals surface area contributed by atoms with Crippen LogP contribution in [0.2, 0.25) is 0 Å². The molecule has 3 aromatic carbocycles. The molecule has 0 atom stereocenters. The van der Waals surface area contributed by atoms with Crippen molar-refractivity contribution in [2.24, 2.45) is 0 Å². The van der Waals surface area contributed by atoms with E-state index >= 15 is 0 Å². The van der Waals surface area contributed by atoms with Crippen molar-refractivity contribution in [3.63, 3.8) is 0 Å². The van der Waals surface area contributed by atoms with Gasteiger partial charge < -0.3 is 4.18 Å². The highest BCUT2D eigenvalue weighted by Crippen LogP contribution is 2.29. The Hall–Kier alpha value is -3.52. The number of hydrogen-bond acceptors (Lipinski definition) is 6. The minimum absolute atomic E-state index is 0.0536. The van der Waals surface area contributed by atoms with Gasteiger partial charge in [-0.15, -0.1) is 0 Å². The number of rotatable bonds is 6. The van der Waals surface area contributed by atoms with Crippen LogP contribution >= 0.6 is 0 Å². The molecule has 0 radical (unpaired) electrons.